The fraction of sp³-hybridized carbons (Fsp3) is 0.292. The minimum Gasteiger partial charge on any atom is -0.380 e. The van der Waals surface area contributed by atoms with Crippen LogP contribution in [0.1, 0.15) is 28.4 Å². The highest BCUT2D eigenvalue weighted by atomic mass is 19.4. The third-order valence-electron chi connectivity index (χ3n) is 5.71. The molecule has 0 radical (unpaired) electrons. The summed E-state index contributed by atoms with van der Waals surface area (Å²) in [6, 6.07) is 12.8. The SMILES string of the molecule is CCOCCNN(c1nc(N2CCc3ccccc32)ncc1C(N)=O)N(Cc1ccc(F)cc1)N(F)F. The summed E-state index contributed by atoms with van der Waals surface area (Å²) in [5, 5.41) is 1.44. The minimum atomic E-state index is -1.16. The Morgan fingerprint density at radius 2 is 1.95 bits per heavy atom. The van der Waals surface area contributed by atoms with Crippen molar-refractivity contribution in [2.75, 3.05) is 36.3 Å². The number of primary amides is 1. The fourth-order valence-corrected chi connectivity index (χ4v) is 3.95. The number of ether oxygens (including phenoxy) is 1. The molecule has 2 aromatic carbocycles. The molecule has 1 amide bonds. The minimum absolute atomic E-state index is 0.103. The van der Waals surface area contributed by atoms with E-state index >= 15 is 0 Å². The number of benzene rings is 2. The lowest BCUT2D eigenvalue weighted by Gasteiger charge is -2.35. The van der Waals surface area contributed by atoms with Gasteiger partial charge in [0.1, 0.15) is 16.8 Å². The van der Waals surface area contributed by atoms with Crippen LogP contribution in [0.25, 0.3) is 0 Å². The predicted molar refractivity (Wildman–Crippen MR) is 131 cm³/mol. The van der Waals surface area contributed by atoms with E-state index in [4.69, 9.17) is 10.5 Å². The number of hydrogen-bond acceptors (Lipinski definition) is 9. The maximum Gasteiger partial charge on any atom is 0.254 e. The third-order valence-corrected chi connectivity index (χ3v) is 5.71. The van der Waals surface area contributed by atoms with Crippen LogP contribution < -0.4 is 21.2 Å². The molecule has 2 heterocycles. The number of halogens is 3. The second-order valence-electron chi connectivity index (χ2n) is 8.09. The van der Waals surface area contributed by atoms with E-state index in [1.54, 1.807) is 6.92 Å². The first-order chi connectivity index (χ1) is 17.9. The molecule has 4 rings (SSSR count). The molecule has 1 aliphatic heterocycles. The van der Waals surface area contributed by atoms with Gasteiger partial charge in [-0.15, -0.1) is 0 Å². The zero-order valence-electron chi connectivity index (χ0n) is 20.1. The monoisotopic (exact) mass is 516 g/mol. The van der Waals surface area contributed by atoms with Crippen LogP contribution in [0.5, 0.6) is 0 Å². The van der Waals surface area contributed by atoms with E-state index in [0.717, 1.165) is 22.8 Å². The number of amides is 1. The summed E-state index contributed by atoms with van der Waals surface area (Å²) < 4.78 is 47.4. The number of fused-ring (bicyclic) bond motifs is 1. The standard InChI is InChI=1S/C24H27F3N8O2/c1-2-37-14-12-30-34(33(35(26)27)16-17-7-9-19(25)10-8-17)23-20(22(28)36)15-29-24(31-23)32-13-11-18-5-3-4-6-21(18)32/h3-10,15,30H,2,11-14,16H2,1H3,(H2,28,36). The topological polar surface area (TPSA) is 103 Å². The number of nitrogens with one attached hydrogen (secondary N) is 1. The number of anilines is 3. The van der Waals surface area contributed by atoms with Gasteiger partial charge in [-0.2, -0.15) is 4.98 Å². The zero-order chi connectivity index (χ0) is 26.4. The van der Waals surface area contributed by atoms with Crippen LogP contribution in [0, 0.1) is 5.82 Å². The molecule has 10 nitrogen and oxygen atoms in total. The van der Waals surface area contributed by atoms with E-state index in [1.807, 2.05) is 29.2 Å². The Bertz CT molecular complexity index is 1210. The second-order valence-corrected chi connectivity index (χ2v) is 8.09. The Hall–Kier alpha value is -3.78. The molecule has 3 aromatic rings. The van der Waals surface area contributed by atoms with Gasteiger partial charge in [0, 0.05) is 31.6 Å². The van der Waals surface area contributed by atoms with Crippen LogP contribution >= 0.6 is 0 Å². The first-order valence-electron chi connectivity index (χ1n) is 11.7. The maximum absolute atomic E-state index is 14.3. The van der Waals surface area contributed by atoms with Gasteiger partial charge in [0.2, 0.25) is 5.95 Å². The maximum atomic E-state index is 14.3. The molecule has 0 atom stereocenters. The van der Waals surface area contributed by atoms with Crippen molar-refractivity contribution in [1.29, 1.82) is 0 Å². The summed E-state index contributed by atoms with van der Waals surface area (Å²) in [7, 11) is 0. The van der Waals surface area contributed by atoms with Crippen molar-refractivity contribution in [1.82, 2.24) is 26.0 Å². The molecule has 3 N–H and O–H groups in total. The molecule has 37 heavy (non-hydrogen) atoms. The summed E-state index contributed by atoms with van der Waals surface area (Å²) in [5.74, 6) is -1.36. The smallest absolute Gasteiger partial charge is 0.254 e. The average Bonchev–Trinajstić information content (AvgIpc) is 3.32. The van der Waals surface area contributed by atoms with Gasteiger partial charge in [-0.3, -0.25) is 4.79 Å². The summed E-state index contributed by atoms with van der Waals surface area (Å²) in [6.07, 6.45) is 1.97. The molecular weight excluding hydrogens is 489 g/mol. The lowest BCUT2D eigenvalue weighted by Crippen LogP contribution is -2.56. The van der Waals surface area contributed by atoms with Crippen molar-refractivity contribution in [2.24, 2.45) is 5.73 Å². The van der Waals surface area contributed by atoms with Crippen molar-refractivity contribution in [3.8, 4) is 0 Å². The zero-order valence-corrected chi connectivity index (χ0v) is 20.1. The number of hydrazine groups is 3. The van der Waals surface area contributed by atoms with Gasteiger partial charge in [0.05, 0.1) is 13.2 Å². The Morgan fingerprint density at radius 3 is 2.65 bits per heavy atom. The Kier molecular flexibility index (Phi) is 8.50. The fourth-order valence-electron chi connectivity index (χ4n) is 3.95. The quantitative estimate of drug-likeness (QED) is 0.213. The van der Waals surface area contributed by atoms with Crippen LogP contribution in [0.15, 0.2) is 54.7 Å². The van der Waals surface area contributed by atoms with Gasteiger partial charge in [-0.1, -0.05) is 44.4 Å². The molecule has 1 aliphatic rings. The van der Waals surface area contributed by atoms with E-state index in [0.29, 0.717) is 23.8 Å². The lowest BCUT2D eigenvalue weighted by atomic mass is 10.2. The van der Waals surface area contributed by atoms with E-state index in [-0.39, 0.29) is 37.0 Å². The molecule has 0 aliphatic carbocycles. The molecule has 196 valence electrons. The number of carbonyl (C=O) groups excluding carboxylic acids is 1. The number of nitrogens with two attached hydrogens (primary N) is 1. The Labute approximate surface area is 211 Å². The van der Waals surface area contributed by atoms with Gasteiger partial charge in [0.15, 0.2) is 5.82 Å². The number of para-hydroxylation sites is 1. The van der Waals surface area contributed by atoms with E-state index < -0.39 is 17.2 Å². The van der Waals surface area contributed by atoms with Crippen LogP contribution in [0.3, 0.4) is 0 Å². The summed E-state index contributed by atoms with van der Waals surface area (Å²) in [5.41, 5.74) is 9.44. The highest BCUT2D eigenvalue weighted by Crippen LogP contribution is 2.33. The van der Waals surface area contributed by atoms with Gasteiger partial charge < -0.3 is 15.4 Å². The van der Waals surface area contributed by atoms with Crippen molar-refractivity contribution >= 4 is 23.4 Å². The second kappa shape index (κ2) is 12.0. The first-order valence-corrected chi connectivity index (χ1v) is 11.7. The van der Waals surface area contributed by atoms with Gasteiger partial charge in [-0.25, -0.2) is 19.9 Å². The number of aromatic nitrogens is 2. The number of carbonyl (C=O) groups is 1. The molecule has 0 bridgehead atoms. The highest BCUT2D eigenvalue weighted by Gasteiger charge is 2.31. The highest BCUT2D eigenvalue weighted by molar-refractivity contribution is 5.97. The van der Waals surface area contributed by atoms with Crippen molar-refractivity contribution < 1.29 is 22.9 Å². The summed E-state index contributed by atoms with van der Waals surface area (Å²) in [4.78, 5) is 23.0. The molecule has 0 saturated heterocycles. The van der Waals surface area contributed by atoms with E-state index in [2.05, 4.69) is 15.4 Å². The molecule has 13 heteroatoms. The van der Waals surface area contributed by atoms with Crippen LogP contribution in [-0.4, -0.2) is 52.7 Å². The van der Waals surface area contributed by atoms with Gasteiger partial charge in [0.25, 0.3) is 5.91 Å². The molecule has 0 saturated carbocycles. The average molecular weight is 517 g/mol. The van der Waals surface area contributed by atoms with Crippen molar-refractivity contribution in [3.63, 3.8) is 0 Å². The van der Waals surface area contributed by atoms with Crippen molar-refractivity contribution in [2.45, 2.75) is 19.9 Å². The summed E-state index contributed by atoms with van der Waals surface area (Å²) >= 11 is 0. The lowest BCUT2D eigenvalue weighted by molar-refractivity contribution is -0.313. The predicted octanol–water partition coefficient (Wildman–Crippen LogP) is 3.16. The molecule has 1 aromatic heterocycles. The molecule has 0 fully saturated rings. The third kappa shape index (κ3) is 6.14. The number of hydrogen-bond donors (Lipinski definition) is 2. The van der Waals surface area contributed by atoms with Crippen LogP contribution in [-0.2, 0) is 17.7 Å². The van der Waals surface area contributed by atoms with Crippen LogP contribution in [0.4, 0.5) is 30.8 Å². The first kappa shape index (κ1) is 26.3. The normalized spacial score (nSPS) is 12.9. The largest absolute Gasteiger partial charge is 0.380 e. The Morgan fingerprint density at radius 1 is 1.19 bits per heavy atom. The van der Waals surface area contributed by atoms with Crippen molar-refractivity contribution in [3.05, 3.63) is 77.2 Å². The number of rotatable bonds is 12. The van der Waals surface area contributed by atoms with Gasteiger partial charge >= 0.3 is 0 Å². The van der Waals surface area contributed by atoms with E-state index in [1.165, 1.54) is 30.5 Å². The van der Waals surface area contributed by atoms with E-state index in [9.17, 15) is 18.1 Å². The number of nitrogens with zero attached hydrogens (tertiary/aromatic N) is 6. The molecule has 0 spiro atoms. The summed E-state index contributed by atoms with van der Waals surface area (Å²) in [6.45, 7) is 2.71. The van der Waals surface area contributed by atoms with Crippen LogP contribution in [0.2, 0.25) is 0 Å². The Balaban J connectivity index is 1.75. The molecule has 0 unspecified atom stereocenters. The van der Waals surface area contributed by atoms with Gasteiger partial charge in [-0.05, 0) is 42.7 Å². The molecular formula is C24H27F3N8O2.